The summed E-state index contributed by atoms with van der Waals surface area (Å²) in [5.74, 6) is 0. The van der Waals surface area contributed by atoms with E-state index >= 15 is 0 Å². The molecule has 1 atom stereocenters. The van der Waals surface area contributed by atoms with Gasteiger partial charge in [0.2, 0.25) is 0 Å². The van der Waals surface area contributed by atoms with Gasteiger partial charge in [-0.3, -0.25) is 0 Å². The van der Waals surface area contributed by atoms with Gasteiger partial charge >= 0.3 is 15.9 Å². The molecule has 1 unspecified atom stereocenters. The van der Waals surface area contributed by atoms with Gasteiger partial charge in [-0.25, -0.2) is 0 Å². The Bertz CT molecular complexity index is 683. The molecule has 0 aromatic carbocycles. The molecule has 1 aliphatic heterocycles. The minimum absolute atomic E-state index is 0. The van der Waals surface area contributed by atoms with Crippen molar-refractivity contribution in [2.75, 3.05) is 0 Å². The van der Waals surface area contributed by atoms with Crippen LogP contribution >= 0.6 is 0 Å². The second-order valence-electron chi connectivity index (χ2n) is 15.9. The van der Waals surface area contributed by atoms with Crippen LogP contribution in [0.1, 0.15) is 132 Å². The van der Waals surface area contributed by atoms with E-state index in [0.717, 1.165) is 0 Å². The summed E-state index contributed by atoms with van der Waals surface area (Å²) >= 11 is 11.0. The first-order valence-electron chi connectivity index (χ1n) is 14.3. The molecule has 0 aromatic rings. The number of allylic oxidation sites excluding steroid dienone is 2. The molecule has 1 heterocycles. The SMILES string of the molecule is CC(C)(C)O[Si]([S-])(OC(C)(C)C)OC(C)(C)C.CC(C)(C)O[Si]([S-])(OC(C)(C)C)OC(C)(C)C.CC1C=CC=C[N-]1.[Zn]. The Labute approximate surface area is 285 Å². The number of hydrogen-bond donors (Lipinski definition) is 0. The molecule has 0 saturated carbocycles. The maximum absolute atomic E-state index is 5.89. The van der Waals surface area contributed by atoms with E-state index in [2.05, 4.69) is 18.3 Å². The van der Waals surface area contributed by atoms with E-state index in [0.29, 0.717) is 6.04 Å². The quantitative estimate of drug-likeness (QED) is 0.200. The van der Waals surface area contributed by atoms with Gasteiger partial charge in [0, 0.05) is 19.5 Å². The number of rotatable bonds is 6. The predicted molar refractivity (Wildman–Crippen MR) is 182 cm³/mol. The molecule has 0 aliphatic carbocycles. The van der Waals surface area contributed by atoms with Gasteiger partial charge in [-0.2, -0.15) is 6.20 Å². The topological polar surface area (TPSA) is 69.5 Å². The van der Waals surface area contributed by atoms with Crippen LogP contribution in [-0.4, -0.2) is 55.6 Å². The summed E-state index contributed by atoms with van der Waals surface area (Å²) in [4.78, 5) is 0. The second kappa shape index (κ2) is 17.6. The van der Waals surface area contributed by atoms with Crippen molar-refractivity contribution < 1.29 is 46.0 Å². The van der Waals surface area contributed by atoms with Gasteiger partial charge in [-0.15, -0.1) is 6.04 Å². The van der Waals surface area contributed by atoms with Gasteiger partial charge in [0.15, 0.2) is 0 Å². The third-order valence-electron chi connectivity index (χ3n) is 3.50. The zero-order valence-corrected chi connectivity index (χ0v) is 36.9. The summed E-state index contributed by atoms with van der Waals surface area (Å²) < 4.78 is 35.3. The van der Waals surface area contributed by atoms with Gasteiger partial charge in [0.1, 0.15) is 0 Å². The summed E-state index contributed by atoms with van der Waals surface area (Å²) in [6, 6.07) is 0.394. The van der Waals surface area contributed by atoms with Crippen LogP contribution in [0, 0.1) is 0 Å². The fraction of sp³-hybridized carbons (Fsp3) is 0.867. The fourth-order valence-corrected chi connectivity index (χ4v) is 12.1. The molecule has 0 bridgehead atoms. The van der Waals surface area contributed by atoms with Crippen molar-refractivity contribution in [1.29, 1.82) is 0 Å². The molecule has 0 fully saturated rings. The smallest absolute Gasteiger partial charge is 0.346 e. The van der Waals surface area contributed by atoms with E-state index in [9.17, 15) is 0 Å². The molecule has 0 aromatic heterocycles. The average molecular weight is 719 g/mol. The third kappa shape index (κ3) is 32.2. The first-order chi connectivity index (χ1) is 17.6. The van der Waals surface area contributed by atoms with Crippen LogP contribution in [-0.2, 0) is 70.2 Å². The van der Waals surface area contributed by atoms with Gasteiger partial charge in [0.05, 0.1) is 33.6 Å². The molecule has 7 nitrogen and oxygen atoms in total. The van der Waals surface area contributed by atoms with Crippen LogP contribution in [0.15, 0.2) is 24.4 Å². The van der Waals surface area contributed by atoms with Crippen LogP contribution in [0.2, 0.25) is 0 Å². The standard InChI is InChI=1S/2C12H27O3SSi.C6H8N.Zn/c2*1-10(2,3)13-17(16,14-11(4,5)6)15-12(7,8)9;1-6-4-2-3-5-7-6;/h2*1-9H3;2-6H,1H3;/q3*-1;. The maximum atomic E-state index is 5.89. The first kappa shape index (κ1) is 47.2. The van der Waals surface area contributed by atoms with E-state index in [1.54, 1.807) is 0 Å². The van der Waals surface area contributed by atoms with Gasteiger partial charge < -0.3 is 56.0 Å². The molecule has 0 amide bonds. The summed E-state index contributed by atoms with van der Waals surface area (Å²) in [6.45, 7) is 37.3. The molecular formula is C30H62NO6S2Si2Zn-3. The van der Waals surface area contributed by atoms with Crippen LogP contribution < -0.4 is 0 Å². The minimum Gasteiger partial charge on any atom is -0.708 e. The van der Waals surface area contributed by atoms with E-state index in [-0.39, 0.29) is 53.1 Å². The second-order valence-corrected chi connectivity index (χ2v) is 22.1. The molecule has 12 heteroatoms. The van der Waals surface area contributed by atoms with E-state index < -0.39 is 15.9 Å². The normalized spacial score (nSPS) is 16.8. The largest absolute Gasteiger partial charge is 0.708 e. The summed E-state index contributed by atoms with van der Waals surface area (Å²) in [5, 5.41) is 4.06. The minimum atomic E-state index is -3.07. The molecule has 0 saturated heterocycles. The summed E-state index contributed by atoms with van der Waals surface area (Å²) in [7, 11) is -6.14. The van der Waals surface area contributed by atoms with Crippen molar-refractivity contribution in [3.8, 4) is 0 Å². The molecule has 42 heavy (non-hydrogen) atoms. The summed E-state index contributed by atoms with van der Waals surface area (Å²) in [6.07, 6.45) is 7.82. The van der Waals surface area contributed by atoms with Crippen LogP contribution in [0.3, 0.4) is 0 Å². The van der Waals surface area contributed by atoms with Gasteiger partial charge in [-0.1, -0.05) is 25.2 Å². The zero-order chi connectivity index (χ0) is 33.4. The monoisotopic (exact) mass is 716 g/mol. The first-order valence-corrected chi connectivity index (χ1v) is 20.0. The van der Waals surface area contributed by atoms with Gasteiger partial charge in [-0.05, 0) is 125 Å². The molecule has 0 radical (unpaired) electrons. The molecule has 1 aliphatic rings. The van der Waals surface area contributed by atoms with Crippen LogP contribution in [0.25, 0.3) is 5.32 Å². The number of nitrogens with zero attached hydrogens (tertiary/aromatic N) is 1. The Morgan fingerprint density at radius 2 is 0.690 bits per heavy atom. The van der Waals surface area contributed by atoms with E-state index in [1.807, 2.05) is 143 Å². The molecule has 0 N–H and O–H groups in total. The third-order valence-corrected chi connectivity index (χ3v) is 10.2. The van der Waals surface area contributed by atoms with E-state index in [4.69, 9.17) is 50.7 Å². The van der Waals surface area contributed by atoms with Gasteiger partial charge in [0.25, 0.3) is 0 Å². The van der Waals surface area contributed by atoms with Crippen molar-refractivity contribution >= 4 is 40.1 Å². The van der Waals surface area contributed by atoms with Crippen LogP contribution in [0.5, 0.6) is 0 Å². The zero-order valence-electron chi connectivity index (χ0n) is 30.3. The Balaban J connectivity index is -0.000000577. The van der Waals surface area contributed by atoms with Crippen molar-refractivity contribution in [3.05, 3.63) is 29.7 Å². The Kier molecular flexibility index (Phi) is 19.8. The van der Waals surface area contributed by atoms with Crippen molar-refractivity contribution in [1.82, 2.24) is 0 Å². The van der Waals surface area contributed by atoms with Crippen molar-refractivity contribution in [3.63, 3.8) is 0 Å². The molecule has 248 valence electrons. The average Bonchev–Trinajstić information content (AvgIpc) is 2.51. The number of hydrogen-bond acceptors (Lipinski definition) is 8. The Morgan fingerprint density at radius 3 is 0.786 bits per heavy atom. The summed E-state index contributed by atoms with van der Waals surface area (Å²) in [5.41, 5.74) is -2.22. The Morgan fingerprint density at radius 1 is 0.476 bits per heavy atom. The molecular weight excluding hydrogens is 656 g/mol. The fourth-order valence-electron chi connectivity index (χ4n) is 2.88. The maximum Gasteiger partial charge on any atom is 0.346 e. The van der Waals surface area contributed by atoms with E-state index in [1.165, 1.54) is 0 Å². The van der Waals surface area contributed by atoms with Crippen molar-refractivity contribution in [2.45, 2.75) is 171 Å². The van der Waals surface area contributed by atoms with Crippen molar-refractivity contribution in [2.24, 2.45) is 0 Å². The molecule has 1 rings (SSSR count). The van der Waals surface area contributed by atoms with Crippen LogP contribution in [0.4, 0.5) is 0 Å². The Hall–Kier alpha value is 0.797. The predicted octanol–water partition coefficient (Wildman–Crippen LogP) is 8.66. The molecule has 0 spiro atoms.